The summed E-state index contributed by atoms with van der Waals surface area (Å²) in [5.74, 6) is -0.820. The van der Waals surface area contributed by atoms with Crippen molar-refractivity contribution in [2.75, 3.05) is 5.75 Å². The minimum atomic E-state index is -4.60. The second kappa shape index (κ2) is 11.5. The highest BCUT2D eigenvalue weighted by atomic mass is 32.2. The normalized spacial score (nSPS) is 11.3. The molecule has 9 nitrogen and oxygen atoms in total. The summed E-state index contributed by atoms with van der Waals surface area (Å²) in [7, 11) is 0. The smallest absolute Gasteiger partial charge is 0.345 e. The van der Waals surface area contributed by atoms with Crippen LogP contribution in [0.5, 0.6) is 0 Å². The van der Waals surface area contributed by atoms with Gasteiger partial charge in [0.15, 0.2) is 16.8 Å². The van der Waals surface area contributed by atoms with Gasteiger partial charge in [-0.15, -0.1) is 10.2 Å². The summed E-state index contributed by atoms with van der Waals surface area (Å²) in [6, 6.07) is 17.0. The van der Waals surface area contributed by atoms with Crippen LogP contribution in [0.1, 0.15) is 37.7 Å². The quantitative estimate of drug-likeness (QED) is 0.127. The van der Waals surface area contributed by atoms with E-state index < -0.39 is 22.6 Å². The number of alkyl halides is 3. The highest BCUT2D eigenvalue weighted by molar-refractivity contribution is 7.99. The average Bonchev–Trinajstić information content (AvgIpc) is 3.33. The molecule has 13 heteroatoms. The van der Waals surface area contributed by atoms with Gasteiger partial charge >= 0.3 is 6.18 Å². The number of Topliss-reactive ketones (excluding diaryl/α,β-unsaturated/α-hetero) is 1. The maximum atomic E-state index is 13.4. The number of hydrogen-bond acceptors (Lipinski definition) is 7. The number of hydrogen-bond donors (Lipinski definition) is 1. The molecule has 0 aliphatic rings. The Labute approximate surface area is 224 Å². The molecule has 0 spiro atoms. The first kappa shape index (κ1) is 27.5. The van der Waals surface area contributed by atoms with Crippen LogP contribution in [0.15, 0.2) is 78.0 Å². The van der Waals surface area contributed by atoms with Gasteiger partial charge in [-0.3, -0.25) is 24.3 Å². The number of nitrogens with zero attached hydrogens (tertiary/aromatic N) is 4. The van der Waals surface area contributed by atoms with E-state index in [9.17, 15) is 32.9 Å². The van der Waals surface area contributed by atoms with E-state index in [-0.39, 0.29) is 46.0 Å². The number of nitrogens with one attached hydrogen (secondary N) is 1. The summed E-state index contributed by atoms with van der Waals surface area (Å²) >= 11 is 0.987. The van der Waals surface area contributed by atoms with Crippen molar-refractivity contribution in [3.8, 4) is 5.69 Å². The third-order valence-electron chi connectivity index (χ3n) is 5.64. The molecule has 0 bridgehead atoms. The largest absolute Gasteiger partial charge is 0.416 e. The van der Waals surface area contributed by atoms with Crippen molar-refractivity contribution in [1.29, 1.82) is 0 Å². The molecule has 0 unspecified atom stereocenters. The number of halogens is 3. The number of ketones is 1. The lowest BCUT2D eigenvalue weighted by Gasteiger charge is -2.13. The lowest BCUT2D eigenvalue weighted by molar-refractivity contribution is -0.385. The van der Waals surface area contributed by atoms with Crippen LogP contribution in [0.4, 0.5) is 18.9 Å². The zero-order valence-electron chi connectivity index (χ0n) is 20.3. The molecular formula is C26H20F3N5O4S. The van der Waals surface area contributed by atoms with Gasteiger partial charge in [-0.25, -0.2) is 0 Å². The predicted octanol–water partition coefficient (Wildman–Crippen LogP) is 5.41. The highest BCUT2D eigenvalue weighted by Crippen LogP contribution is 2.32. The third kappa shape index (κ3) is 6.49. The van der Waals surface area contributed by atoms with E-state index in [1.54, 1.807) is 37.3 Å². The molecule has 1 amide bonds. The Morgan fingerprint density at radius 1 is 1.00 bits per heavy atom. The molecule has 1 aromatic heterocycles. The highest BCUT2D eigenvalue weighted by Gasteiger charge is 2.31. The summed E-state index contributed by atoms with van der Waals surface area (Å²) < 4.78 is 41.6. The van der Waals surface area contributed by atoms with Crippen LogP contribution in [0, 0.1) is 17.0 Å². The molecule has 0 aliphatic heterocycles. The Hall–Kier alpha value is -4.52. The number of carbonyl (C=O) groups is 2. The Morgan fingerprint density at radius 3 is 2.44 bits per heavy atom. The minimum absolute atomic E-state index is 0.0282. The van der Waals surface area contributed by atoms with Gasteiger partial charge in [-0.1, -0.05) is 54.2 Å². The molecule has 1 heterocycles. The average molecular weight is 556 g/mol. The number of carbonyl (C=O) groups excluding carboxylic acids is 2. The molecule has 200 valence electrons. The van der Waals surface area contributed by atoms with Crippen LogP contribution < -0.4 is 5.32 Å². The number of rotatable bonds is 9. The Bertz CT molecular complexity index is 1540. The SMILES string of the molecule is Cc1ccc(C(=O)NCc2nnc(SCC(=O)c3ccccc3)n2-c2cccc(C(F)(F)F)c2)cc1[N+](=O)[O-]. The van der Waals surface area contributed by atoms with E-state index in [1.807, 2.05) is 0 Å². The van der Waals surface area contributed by atoms with Gasteiger partial charge in [-0.05, 0) is 31.2 Å². The van der Waals surface area contributed by atoms with E-state index in [0.717, 1.165) is 30.0 Å². The Morgan fingerprint density at radius 2 is 1.74 bits per heavy atom. The fourth-order valence-corrected chi connectivity index (χ4v) is 4.50. The van der Waals surface area contributed by atoms with Crippen molar-refractivity contribution in [3.05, 3.63) is 111 Å². The molecule has 3 aromatic carbocycles. The third-order valence-corrected chi connectivity index (χ3v) is 6.56. The molecule has 0 radical (unpaired) electrons. The van der Waals surface area contributed by atoms with Gasteiger partial charge < -0.3 is 5.32 Å². The summed E-state index contributed by atoms with van der Waals surface area (Å²) in [6.45, 7) is 1.29. The molecule has 0 atom stereocenters. The molecule has 4 rings (SSSR count). The standard InChI is InChI=1S/C26H20F3N5O4S/c1-16-10-11-18(12-21(16)34(37)38)24(36)30-14-23-31-32-25(39-15-22(35)17-6-3-2-4-7-17)33(23)20-9-5-8-19(13-20)26(27,28)29/h2-13H,14-15H2,1H3,(H,30,36). The molecule has 0 fully saturated rings. The number of nitro groups is 1. The summed E-state index contributed by atoms with van der Waals surface area (Å²) in [5.41, 5.74) is -0.161. The topological polar surface area (TPSA) is 120 Å². The second-order valence-electron chi connectivity index (χ2n) is 8.30. The lowest BCUT2D eigenvalue weighted by atomic mass is 10.1. The monoisotopic (exact) mass is 555 g/mol. The Balaban J connectivity index is 1.62. The Kier molecular flexibility index (Phi) is 8.10. The maximum absolute atomic E-state index is 13.4. The number of amides is 1. The van der Waals surface area contributed by atoms with Crippen molar-refractivity contribution >= 4 is 29.1 Å². The molecular weight excluding hydrogens is 535 g/mol. The zero-order valence-corrected chi connectivity index (χ0v) is 21.1. The fraction of sp³-hybridized carbons (Fsp3) is 0.154. The van der Waals surface area contributed by atoms with Crippen LogP contribution in [0.2, 0.25) is 0 Å². The van der Waals surface area contributed by atoms with Crippen LogP contribution in [-0.2, 0) is 12.7 Å². The van der Waals surface area contributed by atoms with Gasteiger partial charge in [0.25, 0.3) is 11.6 Å². The van der Waals surface area contributed by atoms with Crippen LogP contribution in [-0.4, -0.2) is 37.1 Å². The van der Waals surface area contributed by atoms with Crippen LogP contribution in [0.25, 0.3) is 5.69 Å². The number of nitro benzene ring substituents is 1. The van der Waals surface area contributed by atoms with Crippen LogP contribution >= 0.6 is 11.8 Å². The van der Waals surface area contributed by atoms with Gasteiger partial charge in [0, 0.05) is 22.8 Å². The van der Waals surface area contributed by atoms with Gasteiger partial charge in [0.1, 0.15) is 0 Å². The van der Waals surface area contributed by atoms with Gasteiger partial charge in [0.05, 0.1) is 28.5 Å². The fourth-order valence-electron chi connectivity index (χ4n) is 3.64. The van der Waals surface area contributed by atoms with E-state index in [0.29, 0.717) is 11.1 Å². The molecule has 1 N–H and O–H groups in total. The summed E-state index contributed by atoms with van der Waals surface area (Å²) in [5, 5.41) is 22.0. The summed E-state index contributed by atoms with van der Waals surface area (Å²) in [6.07, 6.45) is -4.60. The maximum Gasteiger partial charge on any atom is 0.416 e. The second-order valence-corrected chi connectivity index (χ2v) is 9.24. The molecule has 0 saturated carbocycles. The molecule has 4 aromatic rings. The van der Waals surface area contributed by atoms with Crippen molar-refractivity contribution in [1.82, 2.24) is 20.1 Å². The first-order valence-electron chi connectivity index (χ1n) is 11.4. The predicted molar refractivity (Wildman–Crippen MR) is 137 cm³/mol. The van der Waals surface area contributed by atoms with Crippen molar-refractivity contribution < 1.29 is 27.7 Å². The summed E-state index contributed by atoms with van der Waals surface area (Å²) in [4.78, 5) is 35.9. The lowest BCUT2D eigenvalue weighted by Crippen LogP contribution is -2.25. The molecule has 0 saturated heterocycles. The number of aromatic nitrogens is 3. The number of thioether (sulfide) groups is 1. The molecule has 39 heavy (non-hydrogen) atoms. The number of benzene rings is 3. The van der Waals surface area contributed by atoms with E-state index >= 15 is 0 Å². The minimum Gasteiger partial charge on any atom is -0.345 e. The van der Waals surface area contributed by atoms with E-state index in [4.69, 9.17) is 0 Å². The van der Waals surface area contributed by atoms with Crippen molar-refractivity contribution in [2.24, 2.45) is 0 Å². The van der Waals surface area contributed by atoms with E-state index in [2.05, 4.69) is 15.5 Å². The van der Waals surface area contributed by atoms with Crippen LogP contribution in [0.3, 0.4) is 0 Å². The zero-order chi connectivity index (χ0) is 28.2. The first-order chi connectivity index (χ1) is 18.5. The van der Waals surface area contributed by atoms with Crippen molar-refractivity contribution in [3.63, 3.8) is 0 Å². The number of aryl methyl sites for hydroxylation is 1. The van der Waals surface area contributed by atoms with E-state index in [1.165, 1.54) is 28.8 Å². The van der Waals surface area contributed by atoms with Crippen molar-refractivity contribution in [2.45, 2.75) is 24.8 Å². The van der Waals surface area contributed by atoms with Gasteiger partial charge in [0.2, 0.25) is 0 Å². The molecule has 0 aliphatic carbocycles. The van der Waals surface area contributed by atoms with Gasteiger partial charge in [-0.2, -0.15) is 13.2 Å². The first-order valence-corrected chi connectivity index (χ1v) is 12.4.